The number of benzene rings is 2. The van der Waals surface area contributed by atoms with E-state index in [1.807, 2.05) is 35.3 Å². The third-order valence-electron chi connectivity index (χ3n) is 4.05. The molecule has 0 unspecified atom stereocenters. The fourth-order valence-corrected chi connectivity index (χ4v) is 2.86. The highest BCUT2D eigenvalue weighted by atomic mass is 16.6. The summed E-state index contributed by atoms with van der Waals surface area (Å²) in [5, 5.41) is 1.90. The van der Waals surface area contributed by atoms with E-state index in [4.69, 9.17) is 4.74 Å². The van der Waals surface area contributed by atoms with Gasteiger partial charge in [0.05, 0.1) is 0 Å². The van der Waals surface area contributed by atoms with E-state index >= 15 is 0 Å². The van der Waals surface area contributed by atoms with Crippen LogP contribution in [0, 0.1) is 0 Å². The SMILES string of the molecule is CCCc1ccc(OC(=O)NN2CCc3ccccc3C2)cc1. The predicted molar refractivity (Wildman–Crippen MR) is 90.2 cm³/mol. The Kier molecular flexibility index (Phi) is 4.93. The Morgan fingerprint density at radius 1 is 1.13 bits per heavy atom. The monoisotopic (exact) mass is 310 g/mol. The minimum atomic E-state index is -0.437. The molecule has 0 spiro atoms. The molecule has 4 heteroatoms. The van der Waals surface area contributed by atoms with Gasteiger partial charge >= 0.3 is 6.09 Å². The fraction of sp³-hybridized carbons (Fsp3) is 0.316. The van der Waals surface area contributed by atoms with Gasteiger partial charge < -0.3 is 4.74 Å². The lowest BCUT2D eigenvalue weighted by atomic mass is 10.0. The van der Waals surface area contributed by atoms with Gasteiger partial charge in [0.25, 0.3) is 0 Å². The topological polar surface area (TPSA) is 41.6 Å². The van der Waals surface area contributed by atoms with Crippen molar-refractivity contribution in [1.29, 1.82) is 0 Å². The molecule has 1 N–H and O–H groups in total. The maximum absolute atomic E-state index is 12.0. The van der Waals surface area contributed by atoms with Crippen molar-refractivity contribution in [2.24, 2.45) is 0 Å². The standard InChI is InChI=1S/C19H22N2O2/c1-2-5-15-8-10-18(11-9-15)23-19(22)20-21-13-12-16-6-3-4-7-17(16)14-21/h3-4,6-11H,2,5,12-14H2,1H3,(H,20,22). The number of carbonyl (C=O) groups excluding carboxylic acids is 1. The number of carbonyl (C=O) groups is 1. The summed E-state index contributed by atoms with van der Waals surface area (Å²) < 4.78 is 5.35. The van der Waals surface area contributed by atoms with Crippen LogP contribution in [0.1, 0.15) is 30.0 Å². The van der Waals surface area contributed by atoms with Gasteiger partial charge in [-0.05, 0) is 41.7 Å². The molecule has 0 bridgehead atoms. The second-order valence-electron chi connectivity index (χ2n) is 5.84. The van der Waals surface area contributed by atoms with E-state index in [1.165, 1.54) is 16.7 Å². The van der Waals surface area contributed by atoms with Crippen LogP contribution in [0.25, 0.3) is 0 Å². The Balaban J connectivity index is 1.54. The van der Waals surface area contributed by atoms with E-state index in [1.54, 1.807) is 0 Å². The summed E-state index contributed by atoms with van der Waals surface area (Å²) in [5.41, 5.74) is 6.68. The normalized spacial score (nSPS) is 14.1. The van der Waals surface area contributed by atoms with Crippen LogP contribution in [-0.2, 0) is 19.4 Å². The molecule has 0 saturated carbocycles. The number of nitrogens with zero attached hydrogens (tertiary/aromatic N) is 1. The molecule has 1 heterocycles. The number of ether oxygens (including phenoxy) is 1. The highest BCUT2D eigenvalue weighted by Crippen LogP contribution is 2.17. The molecule has 0 radical (unpaired) electrons. The van der Waals surface area contributed by atoms with Crippen molar-refractivity contribution in [1.82, 2.24) is 10.4 Å². The number of hydrogen-bond donors (Lipinski definition) is 1. The van der Waals surface area contributed by atoms with Crippen LogP contribution in [0.5, 0.6) is 5.75 Å². The number of nitrogens with one attached hydrogen (secondary N) is 1. The quantitative estimate of drug-likeness (QED) is 0.936. The third-order valence-corrected chi connectivity index (χ3v) is 4.05. The minimum Gasteiger partial charge on any atom is -0.409 e. The van der Waals surface area contributed by atoms with E-state index in [9.17, 15) is 4.79 Å². The van der Waals surface area contributed by atoms with Crippen LogP contribution in [0.4, 0.5) is 4.79 Å². The molecule has 2 aromatic rings. The van der Waals surface area contributed by atoms with Crippen molar-refractivity contribution < 1.29 is 9.53 Å². The summed E-state index contributed by atoms with van der Waals surface area (Å²) in [5.74, 6) is 0.569. The summed E-state index contributed by atoms with van der Waals surface area (Å²) in [6.45, 7) is 3.65. The van der Waals surface area contributed by atoms with Crippen LogP contribution < -0.4 is 10.2 Å². The molecule has 23 heavy (non-hydrogen) atoms. The predicted octanol–water partition coefficient (Wildman–Crippen LogP) is 3.70. The maximum atomic E-state index is 12.0. The lowest BCUT2D eigenvalue weighted by Gasteiger charge is -2.28. The van der Waals surface area contributed by atoms with E-state index in [0.29, 0.717) is 12.3 Å². The number of fused-ring (bicyclic) bond motifs is 1. The summed E-state index contributed by atoms with van der Waals surface area (Å²) in [6, 6.07) is 16.0. The first-order chi connectivity index (χ1) is 11.2. The summed E-state index contributed by atoms with van der Waals surface area (Å²) in [4.78, 5) is 12.0. The van der Waals surface area contributed by atoms with Crippen LogP contribution >= 0.6 is 0 Å². The van der Waals surface area contributed by atoms with Crippen molar-refractivity contribution in [3.63, 3.8) is 0 Å². The smallest absolute Gasteiger partial charge is 0.409 e. The highest BCUT2D eigenvalue weighted by Gasteiger charge is 2.18. The first kappa shape index (κ1) is 15.6. The second-order valence-corrected chi connectivity index (χ2v) is 5.84. The average Bonchev–Trinajstić information content (AvgIpc) is 2.57. The molecular weight excluding hydrogens is 288 g/mol. The number of hydrazine groups is 1. The van der Waals surface area contributed by atoms with Crippen LogP contribution in [0.2, 0.25) is 0 Å². The number of rotatable bonds is 4. The number of hydrogen-bond acceptors (Lipinski definition) is 3. The molecule has 120 valence electrons. The van der Waals surface area contributed by atoms with Gasteiger partial charge in [0.2, 0.25) is 0 Å². The van der Waals surface area contributed by atoms with E-state index in [0.717, 1.165) is 25.8 Å². The third kappa shape index (κ3) is 4.11. The average molecular weight is 310 g/mol. The molecule has 0 atom stereocenters. The zero-order valence-corrected chi connectivity index (χ0v) is 13.4. The zero-order valence-electron chi connectivity index (χ0n) is 13.4. The van der Waals surface area contributed by atoms with Crippen molar-refractivity contribution in [2.45, 2.75) is 32.7 Å². The molecule has 1 aliphatic rings. The van der Waals surface area contributed by atoms with Gasteiger partial charge in [0, 0.05) is 13.1 Å². The van der Waals surface area contributed by atoms with Gasteiger partial charge in [-0.15, -0.1) is 0 Å². The molecule has 2 aromatic carbocycles. The van der Waals surface area contributed by atoms with E-state index < -0.39 is 6.09 Å². The number of aryl methyl sites for hydroxylation is 1. The molecule has 3 rings (SSSR count). The van der Waals surface area contributed by atoms with Crippen molar-refractivity contribution in [2.75, 3.05) is 6.54 Å². The van der Waals surface area contributed by atoms with Gasteiger partial charge in [-0.3, -0.25) is 5.43 Å². The Hall–Kier alpha value is -2.33. The molecule has 0 aliphatic carbocycles. The Bertz CT molecular complexity index is 667. The molecule has 0 aromatic heterocycles. The van der Waals surface area contributed by atoms with Gasteiger partial charge in [-0.25, -0.2) is 9.80 Å². The van der Waals surface area contributed by atoms with Crippen molar-refractivity contribution >= 4 is 6.09 Å². The number of amides is 1. The molecule has 1 amide bonds. The van der Waals surface area contributed by atoms with Crippen LogP contribution in [0.3, 0.4) is 0 Å². The Morgan fingerprint density at radius 3 is 2.61 bits per heavy atom. The van der Waals surface area contributed by atoms with Gasteiger partial charge in [0.1, 0.15) is 5.75 Å². The first-order valence-electron chi connectivity index (χ1n) is 8.13. The Morgan fingerprint density at radius 2 is 1.87 bits per heavy atom. The molecule has 1 aliphatic heterocycles. The molecule has 0 saturated heterocycles. The van der Waals surface area contributed by atoms with Crippen molar-refractivity contribution in [3.8, 4) is 5.75 Å². The Labute approximate surface area is 137 Å². The first-order valence-corrected chi connectivity index (χ1v) is 8.13. The molecular formula is C19H22N2O2. The zero-order chi connectivity index (χ0) is 16.1. The molecule has 0 fully saturated rings. The lowest BCUT2D eigenvalue weighted by Crippen LogP contribution is -2.46. The summed E-state index contributed by atoms with van der Waals surface area (Å²) in [6.07, 6.45) is 2.64. The highest BCUT2D eigenvalue weighted by molar-refractivity contribution is 5.69. The van der Waals surface area contributed by atoms with Crippen LogP contribution in [0.15, 0.2) is 48.5 Å². The summed E-state index contributed by atoms with van der Waals surface area (Å²) >= 11 is 0. The van der Waals surface area contributed by atoms with Gasteiger partial charge in [0.15, 0.2) is 0 Å². The van der Waals surface area contributed by atoms with Crippen LogP contribution in [-0.4, -0.2) is 17.6 Å². The largest absolute Gasteiger partial charge is 0.427 e. The minimum absolute atomic E-state index is 0.437. The van der Waals surface area contributed by atoms with E-state index in [-0.39, 0.29) is 0 Å². The fourth-order valence-electron chi connectivity index (χ4n) is 2.86. The summed E-state index contributed by atoms with van der Waals surface area (Å²) in [7, 11) is 0. The van der Waals surface area contributed by atoms with Gasteiger partial charge in [-0.1, -0.05) is 49.7 Å². The maximum Gasteiger partial charge on any atom is 0.427 e. The van der Waals surface area contributed by atoms with Gasteiger partial charge in [-0.2, -0.15) is 0 Å². The lowest BCUT2D eigenvalue weighted by molar-refractivity contribution is 0.135. The second kappa shape index (κ2) is 7.29. The molecule has 4 nitrogen and oxygen atoms in total. The van der Waals surface area contributed by atoms with Crippen molar-refractivity contribution in [3.05, 3.63) is 65.2 Å². The van der Waals surface area contributed by atoms with E-state index in [2.05, 4.69) is 30.5 Å².